The van der Waals surface area contributed by atoms with Crippen molar-refractivity contribution < 1.29 is 31.8 Å². The molecule has 2 aromatic rings. The predicted octanol–water partition coefficient (Wildman–Crippen LogP) is 6.07. The number of anilines is 1. The van der Waals surface area contributed by atoms with Crippen molar-refractivity contribution in [3.05, 3.63) is 47.4 Å². The lowest BCUT2D eigenvalue weighted by Crippen LogP contribution is -2.38. The number of rotatable bonds is 7. The summed E-state index contributed by atoms with van der Waals surface area (Å²) in [5, 5.41) is 0. The van der Waals surface area contributed by atoms with E-state index in [-0.39, 0.29) is 41.1 Å². The highest BCUT2D eigenvalue weighted by Crippen LogP contribution is 2.32. The van der Waals surface area contributed by atoms with Gasteiger partial charge in [-0.2, -0.15) is 0 Å². The summed E-state index contributed by atoms with van der Waals surface area (Å²) in [6.07, 6.45) is 4.40. The van der Waals surface area contributed by atoms with E-state index in [1.165, 1.54) is 19.1 Å². The van der Waals surface area contributed by atoms with Crippen molar-refractivity contribution in [2.24, 2.45) is 0 Å². The Hall–Kier alpha value is -2.89. The van der Waals surface area contributed by atoms with Crippen LogP contribution in [0.15, 0.2) is 30.3 Å². The third-order valence-corrected chi connectivity index (χ3v) is 6.73. The molecule has 0 aliphatic carbocycles. The first-order valence-electron chi connectivity index (χ1n) is 13.3. The molecule has 1 atom stereocenters. The molecule has 1 N–H and O–H groups in total. The Morgan fingerprint density at radius 2 is 1.85 bits per heavy atom. The van der Waals surface area contributed by atoms with Crippen molar-refractivity contribution >= 4 is 28.0 Å². The lowest BCUT2D eigenvalue weighted by atomic mass is 9.97. The van der Waals surface area contributed by atoms with Crippen molar-refractivity contribution in [2.75, 3.05) is 17.1 Å². The normalized spacial score (nSPS) is 17.3. The third-order valence-electron chi connectivity index (χ3n) is 5.48. The first-order chi connectivity index (χ1) is 18.4. The molecule has 0 radical (unpaired) electrons. The van der Waals surface area contributed by atoms with Gasteiger partial charge in [0, 0.05) is 24.5 Å². The maximum atomic E-state index is 13.6. The molecule has 9 nitrogen and oxygen atoms in total. The second kappa shape index (κ2) is 13.6. The molecule has 222 valence electrons. The summed E-state index contributed by atoms with van der Waals surface area (Å²) in [4.78, 5) is 19.2. The van der Waals surface area contributed by atoms with E-state index in [1.54, 1.807) is 19.1 Å². The fraction of sp³-hybridized carbons (Fsp3) is 0.552. The number of nitrogens with zero attached hydrogens (tertiary/aromatic N) is 2. The number of carbonyl (C=O) groups is 1. The smallest absolute Gasteiger partial charge is 0.303 e. The minimum absolute atomic E-state index is 0.00419. The fourth-order valence-electron chi connectivity index (χ4n) is 3.82. The Kier molecular flexibility index (Phi) is 11.4. The van der Waals surface area contributed by atoms with E-state index >= 15 is 0 Å². The summed E-state index contributed by atoms with van der Waals surface area (Å²) >= 11 is 0. The average Bonchev–Trinajstić information content (AvgIpc) is 2.81. The molecular formula is C29H42FN3O6S. The number of esters is 1. The highest BCUT2D eigenvalue weighted by molar-refractivity contribution is 7.92. The number of hydrogen-bond donors (Lipinski definition) is 1. The van der Waals surface area contributed by atoms with Crippen LogP contribution >= 0.6 is 0 Å². The number of ether oxygens (including phenoxy) is 3. The van der Waals surface area contributed by atoms with Crippen molar-refractivity contribution in [2.45, 2.75) is 92.1 Å². The van der Waals surface area contributed by atoms with E-state index in [4.69, 9.17) is 14.2 Å². The highest BCUT2D eigenvalue weighted by Gasteiger charge is 2.28. The van der Waals surface area contributed by atoms with Gasteiger partial charge in [-0.05, 0) is 71.7 Å². The van der Waals surface area contributed by atoms with E-state index < -0.39 is 15.8 Å². The topological polar surface area (TPSA) is 117 Å². The van der Waals surface area contributed by atoms with Gasteiger partial charge in [0.1, 0.15) is 11.4 Å². The second-order valence-electron chi connectivity index (χ2n) is 11.1. The van der Waals surface area contributed by atoms with Gasteiger partial charge >= 0.3 is 5.97 Å². The minimum atomic E-state index is -3.56. The Morgan fingerprint density at radius 3 is 2.33 bits per heavy atom. The van der Waals surface area contributed by atoms with E-state index in [1.807, 2.05) is 60.6 Å². The Balaban J connectivity index is 0.000000611. The number of halogens is 1. The van der Waals surface area contributed by atoms with Crippen molar-refractivity contribution in [3.8, 4) is 11.3 Å². The van der Waals surface area contributed by atoms with Crippen LogP contribution in [0, 0.1) is 5.82 Å². The number of benzene rings is 1. The summed E-state index contributed by atoms with van der Waals surface area (Å²) in [5.74, 6) is -1.39. The Labute approximate surface area is 237 Å². The van der Waals surface area contributed by atoms with Gasteiger partial charge in [0.05, 0.1) is 29.9 Å². The molecular weight excluding hydrogens is 537 g/mol. The zero-order valence-electron chi connectivity index (χ0n) is 24.9. The fourth-order valence-corrected chi connectivity index (χ4v) is 4.34. The first-order valence-corrected chi connectivity index (χ1v) is 14.9. The molecule has 3 rings (SSSR count). The predicted molar refractivity (Wildman–Crippen MR) is 155 cm³/mol. The van der Waals surface area contributed by atoms with E-state index in [0.717, 1.165) is 5.56 Å². The summed E-state index contributed by atoms with van der Waals surface area (Å²) in [7, 11) is -3.56. The number of sulfonamides is 1. The Bertz CT molecular complexity index is 1290. The van der Waals surface area contributed by atoms with Crippen molar-refractivity contribution in [3.63, 3.8) is 0 Å². The maximum Gasteiger partial charge on any atom is 0.303 e. The zero-order valence-corrected chi connectivity index (χ0v) is 25.7. The maximum absolute atomic E-state index is 13.6. The lowest BCUT2D eigenvalue weighted by molar-refractivity contribution is -0.262. The molecule has 2 heterocycles. The van der Waals surface area contributed by atoms with E-state index in [0.29, 0.717) is 30.0 Å². The van der Waals surface area contributed by atoms with Crippen LogP contribution in [0.3, 0.4) is 0 Å². The third kappa shape index (κ3) is 10.9. The SMILES string of the molecule is CC(=O)OC(C)(C)C.CCS(=O)(=O)Nc1nc(-c2ccc(F)cc2)c(/C=C/C2CCOC(C)(C)O2)c(C(C)C)n1. The molecule has 1 aliphatic rings. The van der Waals surface area contributed by atoms with Crippen LogP contribution in [0.2, 0.25) is 0 Å². The highest BCUT2D eigenvalue weighted by atomic mass is 32.2. The standard InChI is InChI=1S/C23H30FN3O4S.C6H12O2/c1-6-32(28,29)27-22-25-20(15(2)3)19(12-11-18-13-14-30-23(4,5)31-18)21(26-22)16-7-9-17(24)10-8-16;1-5(7)8-6(2,3)4/h7-12,15,18H,6,13-14H2,1-5H3,(H,25,26,27);1-4H3/b12-11+;. The first kappa shape index (κ1) is 33.3. The molecule has 1 aliphatic heterocycles. The number of carbonyl (C=O) groups excluding carboxylic acids is 1. The second-order valence-corrected chi connectivity index (χ2v) is 13.1. The van der Waals surface area contributed by atoms with Gasteiger partial charge in [-0.15, -0.1) is 0 Å². The Morgan fingerprint density at radius 1 is 1.23 bits per heavy atom. The number of nitrogens with one attached hydrogen (secondary N) is 1. The van der Waals surface area contributed by atoms with Crippen LogP contribution in [-0.2, 0) is 29.0 Å². The summed E-state index contributed by atoms with van der Waals surface area (Å²) < 4.78 is 56.6. The number of aromatic nitrogens is 2. The van der Waals surface area contributed by atoms with Crippen LogP contribution < -0.4 is 4.72 Å². The largest absolute Gasteiger partial charge is 0.460 e. The molecule has 0 spiro atoms. The summed E-state index contributed by atoms with van der Waals surface area (Å²) in [6, 6.07) is 5.93. The lowest BCUT2D eigenvalue weighted by Gasteiger charge is -2.34. The molecule has 0 amide bonds. The molecule has 40 heavy (non-hydrogen) atoms. The van der Waals surface area contributed by atoms with Crippen LogP contribution in [-0.4, -0.2) is 54.2 Å². The quantitative estimate of drug-likeness (QED) is 0.393. The average molecular weight is 580 g/mol. The van der Waals surface area contributed by atoms with Crippen LogP contribution in [0.4, 0.5) is 10.3 Å². The van der Waals surface area contributed by atoms with Gasteiger partial charge in [-0.3, -0.25) is 9.52 Å². The van der Waals surface area contributed by atoms with Gasteiger partial charge in [0.25, 0.3) is 0 Å². The summed E-state index contributed by atoms with van der Waals surface area (Å²) in [6.45, 7) is 16.7. The minimum Gasteiger partial charge on any atom is -0.460 e. The van der Waals surface area contributed by atoms with Gasteiger partial charge in [0.15, 0.2) is 5.79 Å². The molecule has 1 aromatic heterocycles. The van der Waals surface area contributed by atoms with Gasteiger partial charge in [-0.25, -0.2) is 22.8 Å². The van der Waals surface area contributed by atoms with Crippen LogP contribution in [0.25, 0.3) is 17.3 Å². The van der Waals surface area contributed by atoms with Crippen molar-refractivity contribution in [1.29, 1.82) is 0 Å². The van der Waals surface area contributed by atoms with Gasteiger partial charge in [-0.1, -0.05) is 26.0 Å². The van der Waals surface area contributed by atoms with Crippen LogP contribution in [0.5, 0.6) is 0 Å². The number of hydrogen-bond acceptors (Lipinski definition) is 8. The van der Waals surface area contributed by atoms with Crippen LogP contribution in [0.1, 0.15) is 85.9 Å². The van der Waals surface area contributed by atoms with Gasteiger partial charge in [0.2, 0.25) is 16.0 Å². The van der Waals surface area contributed by atoms with Crippen molar-refractivity contribution in [1.82, 2.24) is 9.97 Å². The molecule has 1 saturated heterocycles. The van der Waals surface area contributed by atoms with Gasteiger partial charge < -0.3 is 14.2 Å². The molecule has 1 unspecified atom stereocenters. The summed E-state index contributed by atoms with van der Waals surface area (Å²) in [5.41, 5.74) is 2.25. The monoisotopic (exact) mass is 579 g/mol. The molecule has 0 bridgehead atoms. The molecule has 1 fully saturated rings. The van der Waals surface area contributed by atoms with E-state index in [9.17, 15) is 17.6 Å². The van der Waals surface area contributed by atoms with E-state index in [2.05, 4.69) is 14.7 Å². The zero-order chi connectivity index (χ0) is 30.3. The molecule has 0 saturated carbocycles. The molecule has 1 aromatic carbocycles. The molecule has 11 heteroatoms.